The molecule has 1 amide bonds. The second-order valence-corrected chi connectivity index (χ2v) is 5.67. The van der Waals surface area contributed by atoms with Crippen LogP contribution in [0.2, 0.25) is 0 Å². The fourth-order valence-corrected chi connectivity index (χ4v) is 2.77. The molecule has 1 saturated heterocycles. The Bertz CT molecular complexity index is 433. The Morgan fingerprint density at radius 2 is 2.29 bits per heavy atom. The largest absolute Gasteiger partial charge is 0.337 e. The number of carbonyl (C=O) groups excluding carboxylic acids is 1. The van der Waals surface area contributed by atoms with Crippen molar-refractivity contribution in [3.63, 3.8) is 0 Å². The van der Waals surface area contributed by atoms with Crippen molar-refractivity contribution in [2.75, 3.05) is 13.1 Å². The minimum absolute atomic E-state index is 0.119. The van der Waals surface area contributed by atoms with Crippen LogP contribution in [-0.4, -0.2) is 29.9 Å². The second-order valence-electron chi connectivity index (χ2n) is 4.59. The number of nitrogens with zero attached hydrogens (tertiary/aromatic N) is 1. The monoisotopic (exact) mass is 344 g/mol. The summed E-state index contributed by atoms with van der Waals surface area (Å²) in [6.45, 7) is 3.54. The van der Waals surface area contributed by atoms with Crippen molar-refractivity contribution in [1.82, 2.24) is 4.90 Å². The minimum atomic E-state index is 0.119. The number of nitrogens with two attached hydrogens (primary N) is 1. The van der Waals surface area contributed by atoms with Crippen molar-refractivity contribution in [1.29, 1.82) is 0 Å². The molecule has 0 bridgehead atoms. The molecule has 4 heteroatoms. The second kappa shape index (κ2) is 5.35. The summed E-state index contributed by atoms with van der Waals surface area (Å²) in [6.07, 6.45) is 2.03. The van der Waals surface area contributed by atoms with Crippen LogP contribution in [0.25, 0.3) is 0 Å². The molecule has 1 aliphatic rings. The molecule has 0 aromatic heterocycles. The molecule has 92 valence electrons. The predicted molar refractivity (Wildman–Crippen MR) is 77.0 cm³/mol. The molecular weight excluding hydrogens is 327 g/mol. The molecule has 3 nitrogen and oxygen atoms in total. The van der Waals surface area contributed by atoms with E-state index in [9.17, 15) is 4.79 Å². The van der Waals surface area contributed by atoms with Crippen LogP contribution in [0.3, 0.4) is 0 Å². The van der Waals surface area contributed by atoms with Crippen molar-refractivity contribution < 1.29 is 4.79 Å². The number of likely N-dealkylation sites (tertiary alicyclic amines) is 1. The normalized spacial score (nSPS) is 20.4. The van der Waals surface area contributed by atoms with Crippen molar-refractivity contribution in [2.45, 2.75) is 25.8 Å². The van der Waals surface area contributed by atoms with Crippen molar-refractivity contribution >= 4 is 28.5 Å². The Labute approximate surface area is 116 Å². The van der Waals surface area contributed by atoms with E-state index in [0.29, 0.717) is 6.54 Å². The Hall–Kier alpha value is -0.620. The van der Waals surface area contributed by atoms with Gasteiger partial charge in [-0.3, -0.25) is 4.79 Å². The Morgan fingerprint density at radius 1 is 1.53 bits per heavy atom. The molecule has 17 heavy (non-hydrogen) atoms. The Kier molecular flexibility index (Phi) is 4.04. The van der Waals surface area contributed by atoms with Gasteiger partial charge in [0.15, 0.2) is 0 Å². The molecule has 1 aromatic rings. The van der Waals surface area contributed by atoms with Gasteiger partial charge in [-0.2, -0.15) is 0 Å². The molecule has 2 N–H and O–H groups in total. The number of carbonyl (C=O) groups is 1. The molecule has 1 aromatic carbocycles. The van der Waals surface area contributed by atoms with Crippen LogP contribution in [-0.2, 0) is 0 Å². The summed E-state index contributed by atoms with van der Waals surface area (Å²) in [5.74, 6) is 0.119. The molecular formula is C13H17IN2O. The minimum Gasteiger partial charge on any atom is -0.337 e. The van der Waals surface area contributed by atoms with Crippen LogP contribution < -0.4 is 5.73 Å². The van der Waals surface area contributed by atoms with Crippen LogP contribution >= 0.6 is 22.6 Å². The summed E-state index contributed by atoms with van der Waals surface area (Å²) in [7, 11) is 0. The average Bonchev–Trinajstić information content (AvgIpc) is 2.32. The van der Waals surface area contributed by atoms with Gasteiger partial charge in [0.1, 0.15) is 0 Å². The fraction of sp³-hybridized carbons (Fsp3) is 0.462. The highest BCUT2D eigenvalue weighted by Gasteiger charge is 2.23. The van der Waals surface area contributed by atoms with Gasteiger partial charge in [-0.05, 0) is 54.0 Å². The van der Waals surface area contributed by atoms with Crippen LogP contribution in [0, 0.1) is 10.5 Å². The lowest BCUT2D eigenvalue weighted by Crippen LogP contribution is -2.45. The SMILES string of the molecule is Cc1cccc(C(=O)N2CCCC(N)C2)c1I. The number of piperidine rings is 1. The number of benzene rings is 1. The molecule has 1 unspecified atom stereocenters. The van der Waals surface area contributed by atoms with E-state index in [2.05, 4.69) is 22.6 Å². The van der Waals surface area contributed by atoms with Crippen LogP contribution in [0.5, 0.6) is 0 Å². The van der Waals surface area contributed by atoms with Crippen molar-refractivity contribution in [3.8, 4) is 0 Å². The maximum absolute atomic E-state index is 12.4. The summed E-state index contributed by atoms with van der Waals surface area (Å²) >= 11 is 2.24. The lowest BCUT2D eigenvalue weighted by atomic mass is 10.0. The molecule has 0 aliphatic carbocycles. The quantitative estimate of drug-likeness (QED) is 0.794. The van der Waals surface area contributed by atoms with Gasteiger partial charge in [-0.1, -0.05) is 12.1 Å². The van der Waals surface area contributed by atoms with Gasteiger partial charge in [0, 0.05) is 22.7 Å². The van der Waals surface area contributed by atoms with Crippen LogP contribution in [0.15, 0.2) is 18.2 Å². The molecule has 0 spiro atoms. The lowest BCUT2D eigenvalue weighted by molar-refractivity contribution is 0.0707. The van der Waals surface area contributed by atoms with Gasteiger partial charge < -0.3 is 10.6 Å². The number of halogens is 1. The number of aryl methyl sites for hydroxylation is 1. The topological polar surface area (TPSA) is 46.3 Å². The molecule has 1 aliphatic heterocycles. The predicted octanol–water partition coefficient (Wildman–Crippen LogP) is 2.16. The first kappa shape index (κ1) is 12.8. The first-order valence-electron chi connectivity index (χ1n) is 5.89. The van der Waals surface area contributed by atoms with E-state index >= 15 is 0 Å². The third kappa shape index (κ3) is 2.80. The van der Waals surface area contributed by atoms with E-state index in [-0.39, 0.29) is 11.9 Å². The summed E-state index contributed by atoms with van der Waals surface area (Å²) in [5, 5.41) is 0. The Balaban J connectivity index is 2.22. The summed E-state index contributed by atoms with van der Waals surface area (Å²) in [4.78, 5) is 14.3. The number of amides is 1. The first-order chi connectivity index (χ1) is 8.09. The van der Waals surface area contributed by atoms with Gasteiger partial charge >= 0.3 is 0 Å². The summed E-state index contributed by atoms with van der Waals surface area (Å²) in [5.41, 5.74) is 7.87. The van der Waals surface area contributed by atoms with E-state index in [0.717, 1.165) is 34.1 Å². The molecule has 1 fully saturated rings. The van der Waals surface area contributed by atoms with Gasteiger partial charge in [-0.15, -0.1) is 0 Å². The summed E-state index contributed by atoms with van der Waals surface area (Å²) < 4.78 is 1.05. The number of hydrogen-bond acceptors (Lipinski definition) is 2. The van der Waals surface area contributed by atoms with E-state index in [1.54, 1.807) is 0 Å². The maximum atomic E-state index is 12.4. The number of rotatable bonds is 1. The molecule has 0 radical (unpaired) electrons. The average molecular weight is 344 g/mol. The zero-order chi connectivity index (χ0) is 12.4. The highest BCUT2D eigenvalue weighted by Crippen LogP contribution is 2.20. The standard InChI is InChI=1S/C13H17IN2O/c1-9-4-2-6-11(12(9)14)13(17)16-7-3-5-10(15)8-16/h2,4,6,10H,3,5,7-8,15H2,1H3. The summed E-state index contributed by atoms with van der Waals surface area (Å²) in [6, 6.07) is 6.00. The fourth-order valence-electron chi connectivity index (χ4n) is 2.18. The van der Waals surface area contributed by atoms with Crippen molar-refractivity contribution in [3.05, 3.63) is 32.9 Å². The van der Waals surface area contributed by atoms with Crippen LogP contribution in [0.4, 0.5) is 0 Å². The van der Waals surface area contributed by atoms with Gasteiger partial charge in [0.2, 0.25) is 0 Å². The molecule has 2 rings (SSSR count). The third-order valence-electron chi connectivity index (χ3n) is 3.17. The van der Waals surface area contributed by atoms with Gasteiger partial charge in [0.05, 0.1) is 5.56 Å². The van der Waals surface area contributed by atoms with Gasteiger partial charge in [-0.25, -0.2) is 0 Å². The van der Waals surface area contributed by atoms with Crippen molar-refractivity contribution in [2.24, 2.45) is 5.73 Å². The lowest BCUT2D eigenvalue weighted by Gasteiger charge is -2.31. The zero-order valence-electron chi connectivity index (χ0n) is 9.95. The van der Waals surface area contributed by atoms with E-state index in [1.807, 2.05) is 30.0 Å². The smallest absolute Gasteiger partial charge is 0.254 e. The van der Waals surface area contributed by atoms with E-state index in [1.165, 1.54) is 0 Å². The van der Waals surface area contributed by atoms with E-state index < -0.39 is 0 Å². The van der Waals surface area contributed by atoms with Gasteiger partial charge in [0.25, 0.3) is 5.91 Å². The highest BCUT2D eigenvalue weighted by atomic mass is 127. The zero-order valence-corrected chi connectivity index (χ0v) is 12.1. The highest BCUT2D eigenvalue weighted by molar-refractivity contribution is 14.1. The third-order valence-corrected chi connectivity index (χ3v) is 4.60. The maximum Gasteiger partial charge on any atom is 0.254 e. The number of hydrogen-bond donors (Lipinski definition) is 1. The first-order valence-corrected chi connectivity index (χ1v) is 6.97. The molecule has 0 saturated carbocycles. The Morgan fingerprint density at radius 3 is 3.00 bits per heavy atom. The molecule has 1 atom stereocenters. The van der Waals surface area contributed by atoms with Crippen LogP contribution in [0.1, 0.15) is 28.8 Å². The molecule has 1 heterocycles. The van der Waals surface area contributed by atoms with E-state index in [4.69, 9.17) is 5.73 Å².